The molecular weight excluding hydrogens is 326 g/mol. The maximum Gasteiger partial charge on any atom is 0.261 e. The first-order valence-corrected chi connectivity index (χ1v) is 8.78. The van der Waals surface area contributed by atoms with Crippen molar-refractivity contribution in [3.05, 3.63) is 70.3 Å². The zero-order chi connectivity index (χ0) is 18.3. The minimum absolute atomic E-state index is 0.0567. The highest BCUT2D eigenvalue weighted by Gasteiger charge is 2.31. The van der Waals surface area contributed by atoms with Crippen LogP contribution in [-0.2, 0) is 11.3 Å². The molecule has 26 heavy (non-hydrogen) atoms. The number of likely N-dealkylation sites (N-methyl/N-ethyl adjacent to an activating group) is 1. The van der Waals surface area contributed by atoms with Gasteiger partial charge in [0, 0.05) is 18.7 Å². The normalized spacial score (nSPS) is 15.1. The Morgan fingerprint density at radius 1 is 0.962 bits per heavy atom. The third-order valence-corrected chi connectivity index (χ3v) is 4.76. The van der Waals surface area contributed by atoms with Gasteiger partial charge in [0.2, 0.25) is 0 Å². The fraction of sp³-hybridized carbons (Fsp3) is 0.190. The summed E-state index contributed by atoms with van der Waals surface area (Å²) in [6.45, 7) is 4.94. The first kappa shape index (κ1) is 16.3. The number of benzene rings is 2. The fourth-order valence-electron chi connectivity index (χ4n) is 3.49. The van der Waals surface area contributed by atoms with Crippen molar-refractivity contribution in [1.82, 2.24) is 9.55 Å². The molecule has 1 aliphatic rings. The number of rotatable bonds is 3. The molecule has 0 bridgehead atoms. The molecule has 0 unspecified atom stereocenters. The average molecular weight is 345 g/mol. The SMILES string of the molecule is CCN1C(=O)/C(=C\c2nc3ccccc3c(=O)n2CC)c2ccccc21. The number of hydrogen-bond donors (Lipinski definition) is 0. The van der Waals surface area contributed by atoms with E-state index in [1.54, 1.807) is 21.6 Å². The second-order valence-corrected chi connectivity index (χ2v) is 6.16. The third-order valence-electron chi connectivity index (χ3n) is 4.76. The molecule has 0 atom stereocenters. The maximum absolute atomic E-state index is 12.9. The van der Waals surface area contributed by atoms with E-state index in [1.165, 1.54) is 0 Å². The Morgan fingerprint density at radius 2 is 1.69 bits per heavy atom. The van der Waals surface area contributed by atoms with Crippen LogP contribution < -0.4 is 10.5 Å². The second kappa shape index (κ2) is 6.26. The average Bonchev–Trinajstić information content (AvgIpc) is 2.93. The van der Waals surface area contributed by atoms with Gasteiger partial charge in [0.1, 0.15) is 5.82 Å². The van der Waals surface area contributed by atoms with Crippen LogP contribution in [0.15, 0.2) is 53.3 Å². The first-order valence-electron chi connectivity index (χ1n) is 8.78. The van der Waals surface area contributed by atoms with Crippen LogP contribution in [0.25, 0.3) is 22.6 Å². The Morgan fingerprint density at radius 3 is 2.46 bits per heavy atom. The highest BCUT2D eigenvalue weighted by atomic mass is 16.2. The summed E-state index contributed by atoms with van der Waals surface area (Å²) in [5.41, 5.74) is 2.91. The Labute approximate surface area is 151 Å². The highest BCUT2D eigenvalue weighted by Crippen LogP contribution is 2.37. The van der Waals surface area contributed by atoms with Crippen molar-refractivity contribution in [2.45, 2.75) is 20.4 Å². The predicted molar refractivity (Wildman–Crippen MR) is 104 cm³/mol. The van der Waals surface area contributed by atoms with Gasteiger partial charge in [-0.25, -0.2) is 4.98 Å². The van der Waals surface area contributed by atoms with Crippen LogP contribution in [0.2, 0.25) is 0 Å². The zero-order valence-corrected chi connectivity index (χ0v) is 14.8. The van der Waals surface area contributed by atoms with Gasteiger partial charge in [-0.2, -0.15) is 0 Å². The van der Waals surface area contributed by atoms with E-state index in [2.05, 4.69) is 4.98 Å². The van der Waals surface area contributed by atoms with Gasteiger partial charge in [0.05, 0.1) is 22.2 Å². The van der Waals surface area contributed by atoms with Crippen LogP contribution in [0.3, 0.4) is 0 Å². The summed E-state index contributed by atoms with van der Waals surface area (Å²) in [6, 6.07) is 15.0. The summed E-state index contributed by atoms with van der Waals surface area (Å²) in [5, 5.41) is 0.588. The number of anilines is 1. The van der Waals surface area contributed by atoms with Gasteiger partial charge in [-0.3, -0.25) is 14.2 Å². The molecule has 0 aliphatic carbocycles. The number of carbonyl (C=O) groups excluding carboxylic acids is 1. The number of nitrogens with zero attached hydrogens (tertiary/aromatic N) is 3. The molecule has 1 aliphatic heterocycles. The number of hydrogen-bond acceptors (Lipinski definition) is 3. The van der Waals surface area contributed by atoms with E-state index in [9.17, 15) is 9.59 Å². The van der Waals surface area contributed by atoms with E-state index in [0.29, 0.717) is 35.4 Å². The van der Waals surface area contributed by atoms with Crippen molar-refractivity contribution in [1.29, 1.82) is 0 Å². The lowest BCUT2D eigenvalue weighted by atomic mass is 10.1. The van der Waals surface area contributed by atoms with Crippen LogP contribution in [0.5, 0.6) is 0 Å². The van der Waals surface area contributed by atoms with Gasteiger partial charge in [0.15, 0.2) is 0 Å². The van der Waals surface area contributed by atoms with Crippen molar-refractivity contribution >= 4 is 34.1 Å². The maximum atomic E-state index is 12.9. The molecule has 0 spiro atoms. The topological polar surface area (TPSA) is 55.2 Å². The second-order valence-electron chi connectivity index (χ2n) is 6.16. The van der Waals surface area contributed by atoms with Crippen LogP contribution in [0.1, 0.15) is 25.2 Å². The molecule has 0 saturated heterocycles. The molecule has 5 nitrogen and oxygen atoms in total. The molecule has 2 aromatic carbocycles. The van der Waals surface area contributed by atoms with Crippen LogP contribution >= 0.6 is 0 Å². The number of carbonyl (C=O) groups is 1. The van der Waals surface area contributed by atoms with E-state index < -0.39 is 0 Å². The number of amides is 1. The monoisotopic (exact) mass is 345 g/mol. The first-order chi connectivity index (χ1) is 12.7. The molecule has 1 amide bonds. The van der Waals surface area contributed by atoms with Crippen LogP contribution in [0.4, 0.5) is 5.69 Å². The summed E-state index contributed by atoms with van der Waals surface area (Å²) in [6.07, 6.45) is 1.74. The molecule has 3 aromatic rings. The standard InChI is InChI=1S/C21H19N3O2/c1-3-23-18-12-8-6-9-14(18)16(21(23)26)13-19-22-17-11-7-5-10-15(17)20(25)24(19)4-2/h5-13H,3-4H2,1-2H3/b16-13-. The molecule has 130 valence electrons. The molecule has 0 fully saturated rings. The quantitative estimate of drug-likeness (QED) is 0.684. The summed E-state index contributed by atoms with van der Waals surface area (Å²) < 4.78 is 1.61. The van der Waals surface area contributed by atoms with E-state index in [-0.39, 0.29) is 11.5 Å². The van der Waals surface area contributed by atoms with Crippen LogP contribution in [-0.4, -0.2) is 22.0 Å². The van der Waals surface area contributed by atoms with Gasteiger partial charge in [-0.1, -0.05) is 30.3 Å². The molecular formula is C21H19N3O2. The Bertz CT molecular complexity index is 1110. The minimum Gasteiger partial charge on any atom is -0.308 e. The van der Waals surface area contributed by atoms with Gasteiger partial charge >= 0.3 is 0 Å². The summed E-state index contributed by atoms with van der Waals surface area (Å²) in [5.74, 6) is 0.450. The Kier molecular flexibility index (Phi) is 3.92. The molecule has 0 radical (unpaired) electrons. The van der Waals surface area contributed by atoms with Crippen molar-refractivity contribution in [3.63, 3.8) is 0 Å². The molecule has 5 heteroatoms. The molecule has 2 heterocycles. The molecule has 4 rings (SSSR count). The predicted octanol–water partition coefficient (Wildman–Crippen LogP) is 3.32. The van der Waals surface area contributed by atoms with Gasteiger partial charge < -0.3 is 4.90 Å². The Balaban J connectivity index is 1.97. The van der Waals surface area contributed by atoms with E-state index in [4.69, 9.17) is 0 Å². The fourth-order valence-corrected chi connectivity index (χ4v) is 3.49. The lowest BCUT2D eigenvalue weighted by molar-refractivity contribution is -0.112. The lowest BCUT2D eigenvalue weighted by Crippen LogP contribution is -2.26. The lowest BCUT2D eigenvalue weighted by Gasteiger charge is -2.13. The summed E-state index contributed by atoms with van der Waals surface area (Å²) in [4.78, 5) is 32.1. The summed E-state index contributed by atoms with van der Waals surface area (Å²) >= 11 is 0. The minimum atomic E-state index is -0.0870. The van der Waals surface area contributed by atoms with E-state index >= 15 is 0 Å². The van der Waals surface area contributed by atoms with E-state index in [0.717, 1.165) is 11.3 Å². The van der Waals surface area contributed by atoms with Crippen molar-refractivity contribution < 1.29 is 4.79 Å². The Hall–Kier alpha value is -3.21. The van der Waals surface area contributed by atoms with E-state index in [1.807, 2.05) is 56.3 Å². The van der Waals surface area contributed by atoms with Crippen molar-refractivity contribution in [3.8, 4) is 0 Å². The van der Waals surface area contributed by atoms with Gasteiger partial charge in [-0.05, 0) is 38.1 Å². The molecule has 0 N–H and O–H groups in total. The smallest absolute Gasteiger partial charge is 0.261 e. The number of fused-ring (bicyclic) bond motifs is 2. The number of para-hydroxylation sites is 2. The molecule has 1 aromatic heterocycles. The third kappa shape index (κ3) is 2.36. The van der Waals surface area contributed by atoms with Gasteiger partial charge in [-0.15, -0.1) is 0 Å². The largest absolute Gasteiger partial charge is 0.308 e. The van der Waals surface area contributed by atoms with Crippen molar-refractivity contribution in [2.24, 2.45) is 0 Å². The van der Waals surface area contributed by atoms with Crippen LogP contribution in [0, 0.1) is 0 Å². The number of aromatic nitrogens is 2. The molecule has 0 saturated carbocycles. The summed E-state index contributed by atoms with van der Waals surface area (Å²) in [7, 11) is 0. The zero-order valence-electron chi connectivity index (χ0n) is 14.8. The van der Waals surface area contributed by atoms with Gasteiger partial charge in [0.25, 0.3) is 11.5 Å². The van der Waals surface area contributed by atoms with Crippen molar-refractivity contribution in [2.75, 3.05) is 11.4 Å². The highest BCUT2D eigenvalue weighted by molar-refractivity contribution is 6.35.